The Balaban J connectivity index is 2.14. The maximum atomic E-state index is 10.9. The van der Waals surface area contributed by atoms with Gasteiger partial charge in [0, 0.05) is 36.6 Å². The lowest BCUT2D eigenvalue weighted by molar-refractivity contribution is 0.491. The largest absolute Gasteiger partial charge is 0.467 e. The third kappa shape index (κ3) is 2.35. The third-order valence-electron chi connectivity index (χ3n) is 2.14. The molecule has 78 valence electrons. The molecule has 0 bridgehead atoms. The van der Waals surface area contributed by atoms with E-state index in [1.165, 1.54) is 12.1 Å². The first-order valence-corrected chi connectivity index (χ1v) is 4.70. The quantitative estimate of drug-likeness (QED) is 0.809. The van der Waals surface area contributed by atoms with Crippen LogP contribution in [0.2, 0.25) is 0 Å². The first kappa shape index (κ1) is 9.73. The van der Waals surface area contributed by atoms with E-state index >= 15 is 0 Å². The lowest BCUT2D eigenvalue weighted by Gasteiger charge is -2.01. The first-order valence-electron chi connectivity index (χ1n) is 4.70. The summed E-state index contributed by atoms with van der Waals surface area (Å²) in [6, 6.07) is 4.96. The van der Waals surface area contributed by atoms with E-state index in [9.17, 15) is 4.79 Å². The van der Waals surface area contributed by atoms with Crippen molar-refractivity contribution in [1.29, 1.82) is 0 Å². The Morgan fingerprint density at radius 1 is 1.33 bits per heavy atom. The van der Waals surface area contributed by atoms with E-state index in [-0.39, 0.29) is 5.43 Å². The highest BCUT2D eigenvalue weighted by Crippen LogP contribution is 2.08. The van der Waals surface area contributed by atoms with Gasteiger partial charge in [-0.1, -0.05) is 0 Å². The molecular weight excluding hydrogens is 192 g/mol. The summed E-state index contributed by atoms with van der Waals surface area (Å²) in [5.41, 5.74) is 6.45. The molecule has 0 aliphatic rings. The van der Waals surface area contributed by atoms with Gasteiger partial charge < -0.3 is 14.7 Å². The summed E-state index contributed by atoms with van der Waals surface area (Å²) in [6.07, 6.45) is 5.11. The van der Waals surface area contributed by atoms with Gasteiger partial charge in [-0.25, -0.2) is 0 Å². The molecule has 4 heteroatoms. The first-order chi connectivity index (χ1) is 7.28. The second kappa shape index (κ2) is 4.14. The minimum Gasteiger partial charge on any atom is -0.467 e. The predicted octanol–water partition coefficient (Wildman–Crippen LogP) is 0.948. The Hall–Kier alpha value is -1.81. The Kier molecular flexibility index (Phi) is 2.69. The molecule has 0 aliphatic carbocycles. The van der Waals surface area contributed by atoms with Crippen LogP contribution < -0.4 is 11.2 Å². The summed E-state index contributed by atoms with van der Waals surface area (Å²) in [4.78, 5) is 10.9. The SMILES string of the molecule is NCc1coc(Cn2ccc(=O)cc2)c1. The molecule has 0 fully saturated rings. The van der Waals surface area contributed by atoms with Crippen molar-refractivity contribution < 1.29 is 4.42 Å². The number of nitrogens with two attached hydrogens (primary N) is 1. The smallest absolute Gasteiger partial charge is 0.181 e. The molecule has 0 saturated carbocycles. The van der Waals surface area contributed by atoms with Gasteiger partial charge in [-0.2, -0.15) is 0 Å². The lowest BCUT2D eigenvalue weighted by atomic mass is 10.3. The van der Waals surface area contributed by atoms with E-state index in [4.69, 9.17) is 10.2 Å². The van der Waals surface area contributed by atoms with Gasteiger partial charge in [0.05, 0.1) is 12.8 Å². The summed E-state index contributed by atoms with van der Waals surface area (Å²) in [5, 5.41) is 0. The number of hydrogen-bond donors (Lipinski definition) is 1. The molecule has 0 aliphatic heterocycles. The monoisotopic (exact) mass is 204 g/mol. The molecule has 4 nitrogen and oxygen atoms in total. The van der Waals surface area contributed by atoms with Gasteiger partial charge in [0.2, 0.25) is 0 Å². The molecule has 0 aromatic carbocycles. The van der Waals surface area contributed by atoms with E-state index in [1.54, 1.807) is 18.7 Å². The van der Waals surface area contributed by atoms with Crippen LogP contribution in [0.15, 0.2) is 46.1 Å². The molecule has 0 radical (unpaired) electrons. The van der Waals surface area contributed by atoms with Gasteiger partial charge in [0.1, 0.15) is 5.76 Å². The van der Waals surface area contributed by atoms with Gasteiger partial charge in [-0.05, 0) is 6.07 Å². The Morgan fingerprint density at radius 3 is 2.67 bits per heavy atom. The number of aromatic nitrogens is 1. The Morgan fingerprint density at radius 2 is 2.07 bits per heavy atom. The molecule has 0 amide bonds. The highest BCUT2D eigenvalue weighted by atomic mass is 16.3. The summed E-state index contributed by atoms with van der Waals surface area (Å²) < 4.78 is 7.19. The molecule has 2 aromatic rings. The molecular formula is C11H12N2O2. The van der Waals surface area contributed by atoms with Crippen molar-refractivity contribution in [2.45, 2.75) is 13.1 Å². The highest BCUT2D eigenvalue weighted by molar-refractivity contribution is 5.12. The van der Waals surface area contributed by atoms with Crippen molar-refractivity contribution in [2.24, 2.45) is 5.73 Å². The van der Waals surface area contributed by atoms with Crippen LogP contribution in [0.3, 0.4) is 0 Å². The second-order valence-electron chi connectivity index (χ2n) is 3.33. The van der Waals surface area contributed by atoms with E-state index in [0.29, 0.717) is 13.1 Å². The van der Waals surface area contributed by atoms with Crippen LogP contribution in [0, 0.1) is 0 Å². The minimum absolute atomic E-state index is 0.00772. The fraction of sp³-hybridized carbons (Fsp3) is 0.182. The normalized spacial score (nSPS) is 10.5. The van der Waals surface area contributed by atoms with E-state index in [1.807, 2.05) is 10.6 Å². The topological polar surface area (TPSA) is 61.2 Å². The summed E-state index contributed by atoms with van der Waals surface area (Å²) >= 11 is 0. The zero-order chi connectivity index (χ0) is 10.7. The van der Waals surface area contributed by atoms with Gasteiger partial charge >= 0.3 is 0 Å². The summed E-state index contributed by atoms with van der Waals surface area (Å²) in [5.74, 6) is 0.832. The zero-order valence-electron chi connectivity index (χ0n) is 8.22. The number of hydrogen-bond acceptors (Lipinski definition) is 3. The van der Waals surface area contributed by atoms with E-state index in [2.05, 4.69) is 0 Å². The molecule has 2 heterocycles. The molecule has 2 N–H and O–H groups in total. The van der Waals surface area contributed by atoms with Crippen LogP contribution in [0.5, 0.6) is 0 Å². The van der Waals surface area contributed by atoms with Crippen LogP contribution in [-0.4, -0.2) is 4.57 Å². The number of furan rings is 1. The van der Waals surface area contributed by atoms with Gasteiger partial charge in [0.25, 0.3) is 0 Å². The van der Waals surface area contributed by atoms with Crippen LogP contribution in [0.4, 0.5) is 0 Å². The van der Waals surface area contributed by atoms with Crippen molar-refractivity contribution in [3.05, 3.63) is 58.4 Å². The fourth-order valence-electron chi connectivity index (χ4n) is 1.35. The van der Waals surface area contributed by atoms with Crippen molar-refractivity contribution >= 4 is 0 Å². The van der Waals surface area contributed by atoms with Crippen molar-refractivity contribution in [3.8, 4) is 0 Å². The number of rotatable bonds is 3. The minimum atomic E-state index is 0.00772. The standard InChI is InChI=1S/C11H12N2O2/c12-6-9-5-11(15-8-9)7-13-3-1-10(14)2-4-13/h1-5,8H,6-7,12H2. The maximum Gasteiger partial charge on any atom is 0.181 e. The molecule has 0 saturated heterocycles. The lowest BCUT2D eigenvalue weighted by Crippen LogP contribution is -2.04. The van der Waals surface area contributed by atoms with Gasteiger partial charge in [0.15, 0.2) is 5.43 Å². The van der Waals surface area contributed by atoms with Crippen molar-refractivity contribution in [2.75, 3.05) is 0 Å². The second-order valence-corrected chi connectivity index (χ2v) is 3.33. The summed E-state index contributed by atoms with van der Waals surface area (Å²) in [6.45, 7) is 1.09. The van der Waals surface area contributed by atoms with Crippen LogP contribution in [0.1, 0.15) is 11.3 Å². The molecule has 2 aromatic heterocycles. The third-order valence-corrected chi connectivity index (χ3v) is 2.14. The molecule has 2 rings (SSSR count). The average Bonchev–Trinajstić information content (AvgIpc) is 2.69. The van der Waals surface area contributed by atoms with E-state index in [0.717, 1.165) is 11.3 Å². The van der Waals surface area contributed by atoms with E-state index < -0.39 is 0 Å². The van der Waals surface area contributed by atoms with Crippen LogP contribution >= 0.6 is 0 Å². The Labute approximate surface area is 86.9 Å². The fourth-order valence-corrected chi connectivity index (χ4v) is 1.35. The Bertz CT molecular complexity index is 479. The van der Waals surface area contributed by atoms with Crippen LogP contribution in [-0.2, 0) is 13.1 Å². The highest BCUT2D eigenvalue weighted by Gasteiger charge is 2.00. The average molecular weight is 204 g/mol. The predicted molar refractivity (Wildman–Crippen MR) is 56.4 cm³/mol. The molecule has 0 atom stereocenters. The molecule has 0 unspecified atom stereocenters. The molecule has 15 heavy (non-hydrogen) atoms. The number of pyridine rings is 1. The zero-order valence-corrected chi connectivity index (χ0v) is 8.22. The van der Waals surface area contributed by atoms with Gasteiger partial charge in [-0.15, -0.1) is 0 Å². The van der Waals surface area contributed by atoms with Crippen LogP contribution in [0.25, 0.3) is 0 Å². The maximum absolute atomic E-state index is 10.9. The summed E-state index contributed by atoms with van der Waals surface area (Å²) in [7, 11) is 0. The number of nitrogens with zero attached hydrogens (tertiary/aromatic N) is 1. The van der Waals surface area contributed by atoms with Gasteiger partial charge in [-0.3, -0.25) is 4.79 Å². The molecule has 0 spiro atoms. The van der Waals surface area contributed by atoms with Crippen molar-refractivity contribution in [3.63, 3.8) is 0 Å². The van der Waals surface area contributed by atoms with Crippen molar-refractivity contribution in [1.82, 2.24) is 4.57 Å².